The number of amides is 1. The SMILES string of the molecule is NCc1ccc(C(=O)N2CCC(F)(F)C2)cc1. The number of halogens is 2. The van der Waals surface area contributed by atoms with Gasteiger partial charge in [0.15, 0.2) is 0 Å². The van der Waals surface area contributed by atoms with Gasteiger partial charge in [-0.1, -0.05) is 12.1 Å². The van der Waals surface area contributed by atoms with Crippen LogP contribution in [-0.2, 0) is 6.54 Å². The lowest BCUT2D eigenvalue weighted by Gasteiger charge is -2.16. The zero-order valence-corrected chi connectivity index (χ0v) is 9.33. The van der Waals surface area contributed by atoms with Crippen LogP contribution in [0.25, 0.3) is 0 Å². The number of hydrogen-bond donors (Lipinski definition) is 1. The van der Waals surface area contributed by atoms with E-state index in [4.69, 9.17) is 5.73 Å². The van der Waals surface area contributed by atoms with Crippen molar-refractivity contribution in [2.24, 2.45) is 5.73 Å². The first kappa shape index (κ1) is 12.0. The van der Waals surface area contributed by atoms with Gasteiger partial charge in [-0.05, 0) is 17.7 Å². The lowest BCUT2D eigenvalue weighted by molar-refractivity contribution is 0.0120. The van der Waals surface area contributed by atoms with Gasteiger partial charge < -0.3 is 10.6 Å². The minimum absolute atomic E-state index is 0.116. The number of benzene rings is 1. The van der Waals surface area contributed by atoms with Crippen molar-refractivity contribution in [2.75, 3.05) is 13.1 Å². The molecule has 5 heteroatoms. The number of carbonyl (C=O) groups excluding carboxylic acids is 1. The first-order chi connectivity index (χ1) is 8.02. The van der Waals surface area contributed by atoms with Crippen molar-refractivity contribution in [1.29, 1.82) is 0 Å². The van der Waals surface area contributed by atoms with E-state index in [0.29, 0.717) is 12.1 Å². The molecule has 0 radical (unpaired) electrons. The molecule has 1 aromatic carbocycles. The Morgan fingerprint density at radius 2 is 2.00 bits per heavy atom. The molecule has 0 aliphatic carbocycles. The first-order valence-electron chi connectivity index (χ1n) is 5.48. The van der Waals surface area contributed by atoms with Crippen LogP contribution in [0.4, 0.5) is 8.78 Å². The lowest BCUT2D eigenvalue weighted by Crippen LogP contribution is -2.31. The molecule has 17 heavy (non-hydrogen) atoms. The molecule has 0 unspecified atom stereocenters. The van der Waals surface area contributed by atoms with Gasteiger partial charge >= 0.3 is 0 Å². The fourth-order valence-electron chi connectivity index (χ4n) is 1.88. The summed E-state index contributed by atoms with van der Waals surface area (Å²) >= 11 is 0. The van der Waals surface area contributed by atoms with Crippen molar-refractivity contribution >= 4 is 5.91 Å². The molecule has 1 saturated heterocycles. The molecule has 0 bridgehead atoms. The molecular weight excluding hydrogens is 226 g/mol. The van der Waals surface area contributed by atoms with Crippen molar-refractivity contribution in [3.8, 4) is 0 Å². The first-order valence-corrected chi connectivity index (χ1v) is 5.48. The van der Waals surface area contributed by atoms with Crippen LogP contribution in [0.5, 0.6) is 0 Å². The molecule has 0 saturated carbocycles. The molecule has 1 aliphatic heterocycles. The second kappa shape index (κ2) is 4.41. The molecule has 0 atom stereocenters. The van der Waals surface area contributed by atoms with Crippen LogP contribution < -0.4 is 5.73 Å². The van der Waals surface area contributed by atoms with Crippen LogP contribution in [0.1, 0.15) is 22.3 Å². The van der Waals surface area contributed by atoms with Gasteiger partial charge in [0.05, 0.1) is 6.54 Å². The van der Waals surface area contributed by atoms with Crippen molar-refractivity contribution in [1.82, 2.24) is 4.90 Å². The zero-order chi connectivity index (χ0) is 12.5. The summed E-state index contributed by atoms with van der Waals surface area (Å²) in [5.41, 5.74) is 6.78. The second-order valence-corrected chi connectivity index (χ2v) is 4.23. The lowest BCUT2D eigenvalue weighted by atomic mass is 10.1. The molecular formula is C12H14F2N2O. The van der Waals surface area contributed by atoms with Crippen molar-refractivity contribution in [3.05, 3.63) is 35.4 Å². The maximum atomic E-state index is 13.0. The fraction of sp³-hybridized carbons (Fsp3) is 0.417. The topological polar surface area (TPSA) is 46.3 Å². The number of carbonyl (C=O) groups is 1. The van der Waals surface area contributed by atoms with E-state index >= 15 is 0 Å². The summed E-state index contributed by atoms with van der Waals surface area (Å²) in [6.07, 6.45) is -0.250. The van der Waals surface area contributed by atoms with E-state index in [1.165, 1.54) is 4.90 Å². The Morgan fingerprint density at radius 3 is 2.47 bits per heavy atom. The molecule has 3 nitrogen and oxygen atoms in total. The largest absolute Gasteiger partial charge is 0.332 e. The number of nitrogens with zero attached hydrogens (tertiary/aromatic N) is 1. The highest BCUT2D eigenvalue weighted by Crippen LogP contribution is 2.27. The quantitative estimate of drug-likeness (QED) is 0.854. The number of likely N-dealkylation sites (tertiary alicyclic amines) is 1. The third-order valence-electron chi connectivity index (χ3n) is 2.89. The molecule has 1 aliphatic rings. The highest BCUT2D eigenvalue weighted by molar-refractivity contribution is 5.94. The smallest absolute Gasteiger partial charge is 0.267 e. The number of nitrogens with two attached hydrogens (primary N) is 1. The van der Waals surface area contributed by atoms with Crippen LogP contribution in [0, 0.1) is 0 Å². The van der Waals surface area contributed by atoms with Gasteiger partial charge in [0.25, 0.3) is 11.8 Å². The van der Waals surface area contributed by atoms with Gasteiger partial charge in [-0.15, -0.1) is 0 Å². The summed E-state index contributed by atoms with van der Waals surface area (Å²) in [6.45, 7) is 0.0329. The minimum Gasteiger partial charge on any atom is -0.332 e. The molecule has 0 spiro atoms. The van der Waals surface area contributed by atoms with Gasteiger partial charge in [0, 0.05) is 25.1 Å². The third-order valence-corrected chi connectivity index (χ3v) is 2.89. The van der Waals surface area contributed by atoms with Crippen LogP contribution in [0.3, 0.4) is 0 Å². The van der Waals surface area contributed by atoms with Gasteiger partial charge in [-0.2, -0.15) is 0 Å². The standard InChI is InChI=1S/C12H14F2N2O/c13-12(14)5-6-16(8-12)11(17)10-3-1-9(7-15)2-4-10/h1-4H,5-8,15H2. The zero-order valence-electron chi connectivity index (χ0n) is 9.33. The third kappa shape index (κ3) is 2.61. The van der Waals surface area contributed by atoms with E-state index < -0.39 is 12.5 Å². The summed E-state index contributed by atoms with van der Waals surface area (Å²) in [6, 6.07) is 6.73. The predicted octanol–water partition coefficient (Wildman–Crippen LogP) is 1.63. The molecule has 1 heterocycles. The molecule has 1 aromatic rings. The average Bonchev–Trinajstić information content (AvgIpc) is 2.69. The van der Waals surface area contributed by atoms with E-state index in [0.717, 1.165) is 5.56 Å². The Balaban J connectivity index is 2.09. The van der Waals surface area contributed by atoms with Gasteiger partial charge in [0.1, 0.15) is 0 Å². The maximum Gasteiger partial charge on any atom is 0.267 e. The Kier molecular flexibility index (Phi) is 3.11. The summed E-state index contributed by atoms with van der Waals surface area (Å²) in [4.78, 5) is 13.1. The number of hydrogen-bond acceptors (Lipinski definition) is 2. The van der Waals surface area contributed by atoms with Crippen molar-refractivity contribution in [3.63, 3.8) is 0 Å². The van der Waals surface area contributed by atoms with Crippen LogP contribution in [0.15, 0.2) is 24.3 Å². The molecule has 1 amide bonds. The van der Waals surface area contributed by atoms with Gasteiger partial charge in [0.2, 0.25) is 0 Å². The highest BCUT2D eigenvalue weighted by atomic mass is 19.3. The van der Waals surface area contributed by atoms with Crippen LogP contribution in [-0.4, -0.2) is 29.8 Å². The summed E-state index contributed by atoms with van der Waals surface area (Å²) < 4.78 is 26.0. The summed E-state index contributed by atoms with van der Waals surface area (Å²) in [7, 11) is 0. The van der Waals surface area contributed by atoms with E-state index in [2.05, 4.69) is 0 Å². The Labute approximate surface area is 98.2 Å². The second-order valence-electron chi connectivity index (χ2n) is 4.23. The van der Waals surface area contributed by atoms with Gasteiger partial charge in [-0.3, -0.25) is 4.79 Å². The van der Waals surface area contributed by atoms with E-state index in [1.54, 1.807) is 24.3 Å². The average molecular weight is 240 g/mol. The molecule has 2 N–H and O–H groups in total. The monoisotopic (exact) mass is 240 g/mol. The summed E-state index contributed by atoms with van der Waals surface area (Å²) in [5, 5.41) is 0. The van der Waals surface area contributed by atoms with Crippen LogP contribution in [0.2, 0.25) is 0 Å². The van der Waals surface area contributed by atoms with Crippen molar-refractivity contribution < 1.29 is 13.6 Å². The Bertz CT molecular complexity index is 417. The van der Waals surface area contributed by atoms with Gasteiger partial charge in [-0.25, -0.2) is 8.78 Å². The maximum absolute atomic E-state index is 13.0. The Hall–Kier alpha value is -1.49. The number of rotatable bonds is 2. The van der Waals surface area contributed by atoms with E-state index in [9.17, 15) is 13.6 Å². The van der Waals surface area contributed by atoms with E-state index in [-0.39, 0.29) is 18.9 Å². The van der Waals surface area contributed by atoms with Crippen molar-refractivity contribution in [2.45, 2.75) is 18.9 Å². The number of alkyl halides is 2. The predicted molar refractivity (Wildman–Crippen MR) is 59.8 cm³/mol. The molecule has 1 fully saturated rings. The molecule has 92 valence electrons. The molecule has 2 rings (SSSR count). The minimum atomic E-state index is -2.74. The van der Waals surface area contributed by atoms with E-state index in [1.807, 2.05) is 0 Å². The fourth-order valence-corrected chi connectivity index (χ4v) is 1.88. The Morgan fingerprint density at radius 1 is 1.35 bits per heavy atom. The normalized spacial score (nSPS) is 18.4. The van der Waals surface area contributed by atoms with Crippen LogP contribution >= 0.6 is 0 Å². The molecule has 0 aromatic heterocycles. The summed E-state index contributed by atoms with van der Waals surface area (Å²) in [5.74, 6) is -3.09. The highest BCUT2D eigenvalue weighted by Gasteiger charge is 2.40.